The van der Waals surface area contributed by atoms with Crippen LogP contribution < -0.4 is 0 Å². The second kappa shape index (κ2) is 5.07. The molecule has 18 heavy (non-hydrogen) atoms. The van der Waals surface area contributed by atoms with Crippen molar-refractivity contribution in [3.63, 3.8) is 0 Å². The molecule has 0 aromatic carbocycles. The van der Waals surface area contributed by atoms with Gasteiger partial charge in [-0.3, -0.25) is 4.79 Å². The van der Waals surface area contributed by atoms with Crippen molar-refractivity contribution in [2.45, 2.75) is 32.8 Å². The van der Waals surface area contributed by atoms with Crippen LogP contribution in [0, 0.1) is 11.8 Å². The number of halogens is 2. The van der Waals surface area contributed by atoms with E-state index in [1.54, 1.807) is 20.8 Å². The second-order valence-corrected chi connectivity index (χ2v) is 5.33. The van der Waals surface area contributed by atoms with Gasteiger partial charge >= 0.3 is 12.1 Å². The number of carboxylic acid groups (broad SMARTS) is 1. The molecule has 1 aliphatic rings. The van der Waals surface area contributed by atoms with E-state index in [0.29, 0.717) is 0 Å². The van der Waals surface area contributed by atoms with Crippen LogP contribution in [-0.2, 0) is 9.53 Å². The molecule has 0 aliphatic carbocycles. The summed E-state index contributed by atoms with van der Waals surface area (Å²) in [6.07, 6.45) is -3.52. The zero-order chi connectivity index (χ0) is 14.1. The van der Waals surface area contributed by atoms with Crippen LogP contribution >= 0.6 is 0 Å². The van der Waals surface area contributed by atoms with Gasteiger partial charge in [-0.05, 0) is 20.8 Å². The Bertz CT molecular complexity index is 340. The Hall–Kier alpha value is -1.40. The molecule has 0 spiro atoms. The first kappa shape index (κ1) is 14.7. The van der Waals surface area contributed by atoms with Gasteiger partial charge in [0, 0.05) is 13.1 Å². The van der Waals surface area contributed by atoms with Gasteiger partial charge in [-0.15, -0.1) is 0 Å². The molecule has 1 rings (SSSR count). The van der Waals surface area contributed by atoms with Crippen molar-refractivity contribution in [1.29, 1.82) is 0 Å². The van der Waals surface area contributed by atoms with Crippen molar-refractivity contribution in [2.75, 3.05) is 13.1 Å². The van der Waals surface area contributed by atoms with Gasteiger partial charge in [0.15, 0.2) is 0 Å². The van der Waals surface area contributed by atoms with E-state index in [1.165, 1.54) is 0 Å². The van der Waals surface area contributed by atoms with Crippen LogP contribution in [0.15, 0.2) is 0 Å². The van der Waals surface area contributed by atoms with Crippen LogP contribution in [0.3, 0.4) is 0 Å². The monoisotopic (exact) mass is 265 g/mol. The average molecular weight is 265 g/mol. The predicted molar refractivity (Wildman–Crippen MR) is 58.4 cm³/mol. The summed E-state index contributed by atoms with van der Waals surface area (Å²) in [5.74, 6) is -3.89. The Labute approximate surface area is 104 Å². The summed E-state index contributed by atoms with van der Waals surface area (Å²) in [6.45, 7) is 4.43. The van der Waals surface area contributed by atoms with E-state index in [2.05, 4.69) is 0 Å². The number of likely N-dealkylation sites (tertiary alicyclic amines) is 1. The number of hydrogen-bond acceptors (Lipinski definition) is 3. The van der Waals surface area contributed by atoms with Gasteiger partial charge in [0.2, 0.25) is 6.43 Å². The third-order valence-electron chi connectivity index (χ3n) is 2.66. The lowest BCUT2D eigenvalue weighted by Gasteiger charge is -2.24. The highest BCUT2D eigenvalue weighted by molar-refractivity contribution is 5.74. The highest BCUT2D eigenvalue weighted by Crippen LogP contribution is 2.30. The molecule has 104 valence electrons. The van der Waals surface area contributed by atoms with Gasteiger partial charge in [0.1, 0.15) is 5.60 Å². The van der Waals surface area contributed by atoms with Crippen molar-refractivity contribution in [3.8, 4) is 0 Å². The molecule has 1 N–H and O–H groups in total. The zero-order valence-corrected chi connectivity index (χ0v) is 10.5. The first-order valence-corrected chi connectivity index (χ1v) is 5.60. The Morgan fingerprint density at radius 3 is 2.22 bits per heavy atom. The van der Waals surface area contributed by atoms with Crippen molar-refractivity contribution < 1.29 is 28.2 Å². The van der Waals surface area contributed by atoms with Crippen molar-refractivity contribution >= 4 is 12.1 Å². The minimum atomic E-state index is -2.77. The van der Waals surface area contributed by atoms with Gasteiger partial charge in [0.05, 0.1) is 11.8 Å². The maximum absolute atomic E-state index is 12.7. The molecule has 1 heterocycles. The summed E-state index contributed by atoms with van der Waals surface area (Å²) >= 11 is 0. The van der Waals surface area contributed by atoms with Crippen LogP contribution in [0.25, 0.3) is 0 Å². The zero-order valence-electron chi connectivity index (χ0n) is 10.5. The molecule has 7 heteroatoms. The van der Waals surface area contributed by atoms with Gasteiger partial charge in [-0.1, -0.05) is 0 Å². The summed E-state index contributed by atoms with van der Waals surface area (Å²) < 4.78 is 30.4. The molecule has 1 amide bonds. The topological polar surface area (TPSA) is 66.8 Å². The molecule has 1 saturated heterocycles. The molecule has 0 radical (unpaired) electrons. The molecular formula is C11H17F2NO4. The Balaban J connectivity index is 2.72. The lowest BCUT2D eigenvalue weighted by atomic mass is 9.97. The summed E-state index contributed by atoms with van der Waals surface area (Å²) in [4.78, 5) is 23.5. The minimum absolute atomic E-state index is 0.237. The smallest absolute Gasteiger partial charge is 0.410 e. The maximum Gasteiger partial charge on any atom is 0.410 e. The number of rotatable bonds is 2. The van der Waals surface area contributed by atoms with Gasteiger partial charge < -0.3 is 14.7 Å². The quantitative estimate of drug-likeness (QED) is 0.827. The van der Waals surface area contributed by atoms with E-state index in [1.807, 2.05) is 0 Å². The number of carboxylic acids is 1. The number of hydrogen-bond donors (Lipinski definition) is 1. The highest BCUT2D eigenvalue weighted by atomic mass is 19.3. The number of aliphatic carboxylic acids is 1. The van der Waals surface area contributed by atoms with Crippen molar-refractivity contribution in [2.24, 2.45) is 11.8 Å². The number of carbonyl (C=O) groups is 2. The number of carbonyl (C=O) groups excluding carboxylic acids is 1. The van der Waals surface area contributed by atoms with E-state index in [4.69, 9.17) is 9.84 Å². The second-order valence-electron chi connectivity index (χ2n) is 5.33. The molecule has 0 aromatic heterocycles. The van der Waals surface area contributed by atoms with Crippen molar-refractivity contribution in [3.05, 3.63) is 0 Å². The fraction of sp³-hybridized carbons (Fsp3) is 0.818. The molecule has 0 aromatic rings. The van der Waals surface area contributed by atoms with Crippen LogP contribution in [0.1, 0.15) is 20.8 Å². The highest BCUT2D eigenvalue weighted by Gasteiger charge is 2.45. The number of ether oxygens (including phenoxy) is 1. The van der Waals surface area contributed by atoms with Crippen LogP contribution in [0.4, 0.5) is 13.6 Å². The van der Waals surface area contributed by atoms with Gasteiger partial charge in [-0.2, -0.15) is 0 Å². The predicted octanol–water partition coefficient (Wildman–Crippen LogP) is 1.82. The Kier molecular flexibility index (Phi) is 4.13. The number of nitrogens with zero attached hydrogens (tertiary/aromatic N) is 1. The van der Waals surface area contributed by atoms with E-state index in [9.17, 15) is 18.4 Å². The van der Waals surface area contributed by atoms with Gasteiger partial charge in [-0.25, -0.2) is 13.6 Å². The number of alkyl halides is 2. The average Bonchev–Trinajstić information content (AvgIpc) is 2.58. The molecule has 1 fully saturated rings. The Morgan fingerprint density at radius 2 is 1.89 bits per heavy atom. The molecular weight excluding hydrogens is 248 g/mol. The van der Waals surface area contributed by atoms with Crippen molar-refractivity contribution in [1.82, 2.24) is 4.90 Å². The van der Waals surface area contributed by atoms with E-state index in [-0.39, 0.29) is 13.1 Å². The third kappa shape index (κ3) is 3.54. The first-order valence-electron chi connectivity index (χ1n) is 5.60. The standard InChI is InChI=1S/C11H17F2NO4/c1-11(2,3)18-10(17)14-4-6(8(12)13)7(5-14)9(15)16/h6-8H,4-5H2,1-3H3,(H,15,16)/t6-,7-/m1/s1. The third-order valence-corrected chi connectivity index (χ3v) is 2.66. The SMILES string of the molecule is CC(C)(C)OC(=O)N1C[C@@H](C(=O)O)[C@H](C(F)F)C1. The van der Waals surface area contributed by atoms with Crippen LogP contribution in [0.5, 0.6) is 0 Å². The summed E-state index contributed by atoms with van der Waals surface area (Å²) in [5, 5.41) is 8.85. The number of amides is 1. The molecule has 2 atom stereocenters. The first-order chi connectivity index (χ1) is 8.11. The molecule has 0 saturated carbocycles. The molecule has 0 unspecified atom stereocenters. The molecule has 0 bridgehead atoms. The minimum Gasteiger partial charge on any atom is -0.481 e. The summed E-state index contributed by atoms with van der Waals surface area (Å²) in [7, 11) is 0. The van der Waals surface area contributed by atoms with Crippen LogP contribution in [0.2, 0.25) is 0 Å². The van der Waals surface area contributed by atoms with Gasteiger partial charge in [0.25, 0.3) is 0 Å². The molecule has 1 aliphatic heterocycles. The largest absolute Gasteiger partial charge is 0.481 e. The van der Waals surface area contributed by atoms with E-state index < -0.39 is 35.9 Å². The normalized spacial score (nSPS) is 24.4. The molecule has 5 nitrogen and oxygen atoms in total. The van der Waals surface area contributed by atoms with Crippen LogP contribution in [-0.4, -0.2) is 47.2 Å². The fourth-order valence-corrected chi connectivity index (χ4v) is 1.82. The van der Waals surface area contributed by atoms with E-state index in [0.717, 1.165) is 4.90 Å². The maximum atomic E-state index is 12.7. The summed E-state index contributed by atoms with van der Waals surface area (Å²) in [6, 6.07) is 0. The lowest BCUT2D eigenvalue weighted by Crippen LogP contribution is -2.36. The Morgan fingerprint density at radius 1 is 1.33 bits per heavy atom. The lowest BCUT2D eigenvalue weighted by molar-refractivity contribution is -0.144. The fourth-order valence-electron chi connectivity index (χ4n) is 1.82. The van der Waals surface area contributed by atoms with E-state index >= 15 is 0 Å². The summed E-state index contributed by atoms with van der Waals surface area (Å²) in [5.41, 5.74) is -0.737.